The van der Waals surface area contributed by atoms with Crippen molar-refractivity contribution in [3.8, 4) is 0 Å². The number of piperidine rings is 1. The summed E-state index contributed by atoms with van der Waals surface area (Å²) >= 11 is 5.77. The van der Waals surface area contributed by atoms with Gasteiger partial charge in [-0.15, -0.1) is 0 Å². The number of halogens is 4. The maximum absolute atomic E-state index is 12.9. The zero-order chi connectivity index (χ0) is 21.2. The third kappa shape index (κ3) is 5.22. The van der Waals surface area contributed by atoms with Gasteiger partial charge >= 0.3 is 6.18 Å². The second-order valence-electron chi connectivity index (χ2n) is 6.77. The summed E-state index contributed by atoms with van der Waals surface area (Å²) in [6, 6.07) is 11.2. The van der Waals surface area contributed by atoms with Crippen molar-refractivity contribution in [3.63, 3.8) is 0 Å². The van der Waals surface area contributed by atoms with Gasteiger partial charge in [0.25, 0.3) is 15.9 Å². The van der Waals surface area contributed by atoms with Crippen molar-refractivity contribution in [1.82, 2.24) is 4.90 Å². The number of nitrogens with zero attached hydrogens (tertiary/aromatic N) is 1. The SMILES string of the molecule is O=C(c1ccc(S(=O)(=O)Nc2ccc(Cl)cc2)cc1)N1CCCC(C(F)(F)F)C1. The molecular formula is C19H18ClF3N2O3S. The van der Waals surface area contributed by atoms with Crippen LogP contribution in [0, 0.1) is 5.92 Å². The Bertz CT molecular complexity index is 977. The topological polar surface area (TPSA) is 66.5 Å². The Morgan fingerprint density at radius 3 is 2.28 bits per heavy atom. The van der Waals surface area contributed by atoms with Crippen LogP contribution in [-0.2, 0) is 10.0 Å². The first-order valence-electron chi connectivity index (χ1n) is 8.81. The van der Waals surface area contributed by atoms with Gasteiger partial charge in [0.15, 0.2) is 0 Å². The van der Waals surface area contributed by atoms with E-state index in [1.807, 2.05) is 0 Å². The van der Waals surface area contributed by atoms with E-state index in [1.54, 1.807) is 0 Å². The number of alkyl halides is 3. The van der Waals surface area contributed by atoms with E-state index >= 15 is 0 Å². The molecule has 1 fully saturated rings. The Labute approximate surface area is 171 Å². The van der Waals surface area contributed by atoms with Crippen LogP contribution in [-0.4, -0.2) is 38.5 Å². The summed E-state index contributed by atoms with van der Waals surface area (Å²) < 4.78 is 66.1. The van der Waals surface area contributed by atoms with Gasteiger partial charge in [-0.2, -0.15) is 13.2 Å². The average molecular weight is 447 g/mol. The molecule has 0 bridgehead atoms. The molecule has 1 atom stereocenters. The molecule has 10 heteroatoms. The smallest absolute Gasteiger partial charge is 0.338 e. The van der Waals surface area contributed by atoms with Gasteiger partial charge in [0.1, 0.15) is 0 Å². The van der Waals surface area contributed by atoms with Crippen molar-refractivity contribution in [2.75, 3.05) is 17.8 Å². The summed E-state index contributed by atoms with van der Waals surface area (Å²) in [6.45, 7) is -0.149. The number of rotatable bonds is 4. The first-order valence-corrected chi connectivity index (χ1v) is 10.7. The minimum Gasteiger partial charge on any atom is -0.338 e. The predicted molar refractivity (Wildman–Crippen MR) is 103 cm³/mol. The number of sulfonamides is 1. The van der Waals surface area contributed by atoms with Crippen LogP contribution in [0.15, 0.2) is 53.4 Å². The van der Waals surface area contributed by atoms with Gasteiger partial charge in [0, 0.05) is 29.4 Å². The summed E-state index contributed by atoms with van der Waals surface area (Å²) in [4.78, 5) is 13.6. The molecule has 1 aliphatic heterocycles. The summed E-state index contributed by atoms with van der Waals surface area (Å²) in [5.74, 6) is -2.09. The van der Waals surface area contributed by atoms with Crippen LogP contribution >= 0.6 is 11.6 Å². The molecule has 0 aliphatic carbocycles. The van der Waals surface area contributed by atoms with Crippen LogP contribution in [0.25, 0.3) is 0 Å². The molecule has 0 spiro atoms. The molecule has 1 amide bonds. The highest BCUT2D eigenvalue weighted by atomic mass is 35.5. The molecule has 1 saturated heterocycles. The monoisotopic (exact) mass is 446 g/mol. The van der Waals surface area contributed by atoms with E-state index in [1.165, 1.54) is 48.5 Å². The van der Waals surface area contributed by atoms with Crippen LogP contribution in [0.5, 0.6) is 0 Å². The third-order valence-corrected chi connectivity index (χ3v) is 6.33. The Morgan fingerprint density at radius 1 is 1.07 bits per heavy atom. The van der Waals surface area contributed by atoms with Gasteiger partial charge in [-0.25, -0.2) is 8.42 Å². The van der Waals surface area contributed by atoms with E-state index in [0.29, 0.717) is 10.7 Å². The van der Waals surface area contributed by atoms with Crippen LogP contribution in [0.4, 0.5) is 18.9 Å². The molecular weight excluding hydrogens is 429 g/mol. The van der Waals surface area contributed by atoms with Crippen molar-refractivity contribution < 1.29 is 26.4 Å². The zero-order valence-electron chi connectivity index (χ0n) is 15.1. The summed E-state index contributed by atoms with van der Waals surface area (Å²) in [6.07, 6.45) is -4.07. The van der Waals surface area contributed by atoms with E-state index in [9.17, 15) is 26.4 Å². The molecule has 1 heterocycles. The third-order valence-electron chi connectivity index (χ3n) is 4.68. The molecule has 0 saturated carbocycles. The lowest BCUT2D eigenvalue weighted by molar-refractivity contribution is -0.184. The van der Waals surface area contributed by atoms with E-state index in [2.05, 4.69) is 4.72 Å². The van der Waals surface area contributed by atoms with Crippen LogP contribution in [0.1, 0.15) is 23.2 Å². The van der Waals surface area contributed by atoms with Crippen molar-refractivity contribution in [3.05, 3.63) is 59.1 Å². The highest BCUT2D eigenvalue weighted by Gasteiger charge is 2.42. The van der Waals surface area contributed by atoms with Crippen molar-refractivity contribution in [2.24, 2.45) is 5.92 Å². The summed E-state index contributed by atoms with van der Waals surface area (Å²) in [5, 5.41) is 0.460. The van der Waals surface area contributed by atoms with Crippen molar-refractivity contribution in [1.29, 1.82) is 0 Å². The second-order valence-corrected chi connectivity index (χ2v) is 8.89. The van der Waals surface area contributed by atoms with Gasteiger partial charge in [0.05, 0.1) is 10.8 Å². The number of carbonyl (C=O) groups excluding carboxylic acids is 1. The predicted octanol–water partition coefficient (Wildman–Crippen LogP) is 4.56. The maximum atomic E-state index is 12.9. The summed E-state index contributed by atoms with van der Waals surface area (Å²) in [5.41, 5.74) is 0.458. The lowest BCUT2D eigenvalue weighted by Gasteiger charge is -2.33. The van der Waals surface area contributed by atoms with Gasteiger partial charge in [0.2, 0.25) is 0 Å². The van der Waals surface area contributed by atoms with E-state index in [4.69, 9.17) is 11.6 Å². The molecule has 156 valence electrons. The first kappa shape index (κ1) is 21.4. The lowest BCUT2D eigenvalue weighted by atomic mass is 9.97. The Kier molecular flexibility index (Phi) is 6.09. The molecule has 5 nitrogen and oxygen atoms in total. The van der Waals surface area contributed by atoms with E-state index < -0.39 is 28.0 Å². The Hall–Kier alpha value is -2.26. The molecule has 2 aromatic carbocycles. The van der Waals surface area contributed by atoms with Gasteiger partial charge in [-0.05, 0) is 61.4 Å². The fourth-order valence-electron chi connectivity index (χ4n) is 3.12. The van der Waals surface area contributed by atoms with Crippen LogP contribution in [0.2, 0.25) is 5.02 Å². The maximum Gasteiger partial charge on any atom is 0.393 e. The number of benzene rings is 2. The van der Waals surface area contributed by atoms with Crippen molar-refractivity contribution in [2.45, 2.75) is 23.9 Å². The Morgan fingerprint density at radius 2 is 1.69 bits per heavy atom. The van der Waals surface area contributed by atoms with E-state index in [0.717, 1.165) is 4.90 Å². The standard InChI is InChI=1S/C19H18ClF3N2O3S/c20-15-5-7-16(8-6-15)24-29(27,28)17-9-3-13(4-10-17)18(26)25-11-1-2-14(12-25)19(21,22)23/h3-10,14,24H,1-2,11-12H2. The summed E-state index contributed by atoms with van der Waals surface area (Å²) in [7, 11) is -3.89. The van der Waals surface area contributed by atoms with E-state index in [-0.39, 0.29) is 36.4 Å². The number of hydrogen-bond donors (Lipinski definition) is 1. The minimum absolute atomic E-state index is 0.000822. The van der Waals surface area contributed by atoms with Crippen LogP contribution in [0.3, 0.4) is 0 Å². The quantitative estimate of drug-likeness (QED) is 0.749. The molecule has 3 rings (SSSR count). The van der Waals surface area contributed by atoms with Crippen molar-refractivity contribution >= 4 is 33.2 Å². The highest BCUT2D eigenvalue weighted by Crippen LogP contribution is 2.33. The fraction of sp³-hybridized carbons (Fsp3) is 0.316. The van der Waals surface area contributed by atoms with Gasteiger partial charge < -0.3 is 4.90 Å². The molecule has 0 aromatic heterocycles. The average Bonchev–Trinajstić information content (AvgIpc) is 2.68. The normalized spacial score (nSPS) is 17.8. The first-order chi connectivity index (χ1) is 13.6. The van der Waals surface area contributed by atoms with Gasteiger partial charge in [-0.3, -0.25) is 9.52 Å². The molecule has 29 heavy (non-hydrogen) atoms. The number of carbonyl (C=O) groups is 1. The number of amides is 1. The molecule has 0 radical (unpaired) electrons. The molecule has 1 N–H and O–H groups in total. The number of likely N-dealkylation sites (tertiary alicyclic amines) is 1. The van der Waals surface area contributed by atoms with Crippen LogP contribution < -0.4 is 4.72 Å². The highest BCUT2D eigenvalue weighted by molar-refractivity contribution is 7.92. The number of hydrogen-bond acceptors (Lipinski definition) is 3. The molecule has 1 aliphatic rings. The number of nitrogens with one attached hydrogen (secondary N) is 1. The van der Waals surface area contributed by atoms with Gasteiger partial charge in [-0.1, -0.05) is 11.6 Å². The largest absolute Gasteiger partial charge is 0.393 e. The lowest BCUT2D eigenvalue weighted by Crippen LogP contribution is -2.44. The molecule has 1 unspecified atom stereocenters. The molecule has 2 aromatic rings. The Balaban J connectivity index is 1.72. The zero-order valence-corrected chi connectivity index (χ0v) is 16.7. The fourth-order valence-corrected chi connectivity index (χ4v) is 4.30. The minimum atomic E-state index is -4.34. The second kappa shape index (κ2) is 8.23. The number of anilines is 1.